The SMILES string of the molecule is CC(C)Cc1nnc(NC(=O)C(C(N)=S)C(C)C)s1. The van der Waals surface area contributed by atoms with E-state index < -0.39 is 5.92 Å². The molecule has 0 saturated heterocycles. The van der Waals surface area contributed by atoms with Crippen molar-refractivity contribution >= 4 is 39.6 Å². The maximum Gasteiger partial charge on any atom is 0.236 e. The van der Waals surface area contributed by atoms with Gasteiger partial charge < -0.3 is 5.73 Å². The van der Waals surface area contributed by atoms with Crippen LogP contribution in [0.4, 0.5) is 5.13 Å². The number of hydrogen-bond acceptors (Lipinski definition) is 5. The molecule has 5 nitrogen and oxygen atoms in total. The first-order valence-electron chi connectivity index (χ1n) is 6.23. The summed E-state index contributed by atoms with van der Waals surface area (Å²) >= 11 is 6.32. The Morgan fingerprint density at radius 2 is 2.00 bits per heavy atom. The van der Waals surface area contributed by atoms with Gasteiger partial charge in [0.05, 0.1) is 10.9 Å². The number of hydrogen-bond donors (Lipinski definition) is 2. The number of nitrogens with zero attached hydrogens (tertiary/aromatic N) is 2. The van der Waals surface area contributed by atoms with Crippen LogP contribution in [0.2, 0.25) is 0 Å². The molecular weight excluding hydrogens is 280 g/mol. The van der Waals surface area contributed by atoms with Crippen LogP contribution in [0.3, 0.4) is 0 Å². The number of carbonyl (C=O) groups excluding carboxylic acids is 1. The van der Waals surface area contributed by atoms with Crippen molar-refractivity contribution in [1.29, 1.82) is 0 Å². The molecule has 0 aliphatic rings. The summed E-state index contributed by atoms with van der Waals surface area (Å²) in [6, 6.07) is 0. The first-order chi connectivity index (χ1) is 8.81. The van der Waals surface area contributed by atoms with Crippen LogP contribution in [0, 0.1) is 17.8 Å². The van der Waals surface area contributed by atoms with Gasteiger partial charge in [0.25, 0.3) is 0 Å². The summed E-state index contributed by atoms with van der Waals surface area (Å²) in [6.07, 6.45) is 0.858. The number of carbonyl (C=O) groups is 1. The van der Waals surface area contributed by atoms with Crippen molar-refractivity contribution in [1.82, 2.24) is 10.2 Å². The number of thiocarbonyl (C=S) groups is 1. The zero-order chi connectivity index (χ0) is 14.6. The molecule has 3 N–H and O–H groups in total. The lowest BCUT2D eigenvalue weighted by atomic mass is 9.95. The lowest BCUT2D eigenvalue weighted by molar-refractivity contribution is -0.118. The quantitative estimate of drug-likeness (QED) is 0.787. The molecule has 0 fully saturated rings. The summed E-state index contributed by atoms with van der Waals surface area (Å²) in [7, 11) is 0. The van der Waals surface area contributed by atoms with Gasteiger partial charge in [0.15, 0.2) is 0 Å². The lowest BCUT2D eigenvalue weighted by Crippen LogP contribution is -2.36. The van der Waals surface area contributed by atoms with Gasteiger partial charge in [-0.3, -0.25) is 10.1 Å². The number of amides is 1. The number of nitrogens with two attached hydrogens (primary N) is 1. The van der Waals surface area contributed by atoms with Crippen molar-refractivity contribution in [2.75, 3.05) is 5.32 Å². The first kappa shape index (κ1) is 16.0. The van der Waals surface area contributed by atoms with Gasteiger partial charge >= 0.3 is 0 Å². The van der Waals surface area contributed by atoms with E-state index in [4.69, 9.17) is 18.0 Å². The van der Waals surface area contributed by atoms with E-state index in [1.807, 2.05) is 13.8 Å². The van der Waals surface area contributed by atoms with E-state index in [0.717, 1.165) is 11.4 Å². The molecule has 1 amide bonds. The van der Waals surface area contributed by atoms with Crippen molar-refractivity contribution in [3.05, 3.63) is 5.01 Å². The second-order valence-corrected chi connectivity index (χ2v) is 6.75. The molecule has 0 aliphatic heterocycles. The second kappa shape index (κ2) is 6.91. The zero-order valence-corrected chi connectivity index (χ0v) is 13.3. The minimum Gasteiger partial charge on any atom is -0.393 e. The standard InChI is InChI=1S/C12H20N4OS2/c1-6(2)5-8-15-16-12(19-8)14-11(17)9(7(3)4)10(13)18/h6-7,9H,5H2,1-4H3,(H2,13,18)(H,14,16,17). The Labute approximate surface area is 123 Å². The maximum atomic E-state index is 12.1. The highest BCUT2D eigenvalue weighted by Crippen LogP contribution is 2.20. The smallest absolute Gasteiger partial charge is 0.236 e. The van der Waals surface area contributed by atoms with Crippen molar-refractivity contribution in [2.45, 2.75) is 34.1 Å². The Balaban J connectivity index is 2.70. The van der Waals surface area contributed by atoms with Crippen LogP contribution in [0.1, 0.15) is 32.7 Å². The Bertz CT molecular complexity index is 456. The molecule has 106 valence electrons. The Morgan fingerprint density at radius 3 is 2.47 bits per heavy atom. The molecule has 1 aromatic heterocycles. The molecule has 0 aromatic carbocycles. The zero-order valence-electron chi connectivity index (χ0n) is 11.6. The van der Waals surface area contributed by atoms with Gasteiger partial charge in [-0.1, -0.05) is 51.2 Å². The van der Waals surface area contributed by atoms with E-state index in [2.05, 4.69) is 29.4 Å². The van der Waals surface area contributed by atoms with Gasteiger partial charge in [-0.15, -0.1) is 10.2 Å². The predicted molar refractivity (Wildman–Crippen MR) is 82.2 cm³/mol. The van der Waals surface area contributed by atoms with Crippen molar-refractivity contribution in [3.63, 3.8) is 0 Å². The molecule has 1 rings (SSSR count). The van der Waals surface area contributed by atoms with E-state index in [9.17, 15) is 4.79 Å². The molecule has 1 unspecified atom stereocenters. The molecule has 0 saturated carbocycles. The fourth-order valence-electron chi connectivity index (χ4n) is 1.68. The van der Waals surface area contributed by atoms with E-state index in [0.29, 0.717) is 11.0 Å². The predicted octanol–water partition coefficient (Wildman–Crippen LogP) is 2.23. The fraction of sp³-hybridized carbons (Fsp3) is 0.667. The fourth-order valence-corrected chi connectivity index (χ4v) is 3.01. The number of nitrogens with one attached hydrogen (secondary N) is 1. The van der Waals surface area contributed by atoms with Crippen LogP contribution < -0.4 is 11.1 Å². The average Bonchev–Trinajstić information content (AvgIpc) is 2.62. The van der Waals surface area contributed by atoms with E-state index >= 15 is 0 Å². The number of rotatable bonds is 6. The van der Waals surface area contributed by atoms with Crippen LogP contribution in [0.15, 0.2) is 0 Å². The molecule has 0 spiro atoms. The van der Waals surface area contributed by atoms with Gasteiger partial charge in [-0.2, -0.15) is 0 Å². The Morgan fingerprint density at radius 1 is 1.37 bits per heavy atom. The summed E-state index contributed by atoms with van der Waals surface area (Å²) < 4.78 is 0. The molecule has 0 radical (unpaired) electrons. The minimum atomic E-state index is -0.479. The van der Waals surface area contributed by atoms with Crippen molar-refractivity contribution in [2.24, 2.45) is 23.5 Å². The normalized spacial score (nSPS) is 12.7. The van der Waals surface area contributed by atoms with E-state index in [1.54, 1.807) is 0 Å². The van der Waals surface area contributed by atoms with Crippen LogP contribution in [-0.2, 0) is 11.2 Å². The maximum absolute atomic E-state index is 12.1. The molecule has 0 bridgehead atoms. The molecular formula is C12H20N4OS2. The summed E-state index contributed by atoms with van der Waals surface area (Å²) in [5, 5.41) is 12.2. The first-order valence-corrected chi connectivity index (χ1v) is 7.46. The summed E-state index contributed by atoms with van der Waals surface area (Å²) in [5.74, 6) is -0.126. The van der Waals surface area contributed by atoms with Crippen molar-refractivity contribution < 1.29 is 4.79 Å². The minimum absolute atomic E-state index is 0.0561. The largest absolute Gasteiger partial charge is 0.393 e. The Kier molecular flexibility index (Phi) is 5.81. The lowest BCUT2D eigenvalue weighted by Gasteiger charge is -2.17. The van der Waals surface area contributed by atoms with E-state index in [1.165, 1.54) is 11.3 Å². The topological polar surface area (TPSA) is 80.9 Å². The van der Waals surface area contributed by atoms with Crippen LogP contribution in [0.5, 0.6) is 0 Å². The van der Waals surface area contributed by atoms with Crippen LogP contribution >= 0.6 is 23.6 Å². The second-order valence-electron chi connectivity index (χ2n) is 5.21. The van der Waals surface area contributed by atoms with Gasteiger partial charge in [0, 0.05) is 6.42 Å². The summed E-state index contributed by atoms with van der Waals surface area (Å²) in [5.41, 5.74) is 5.60. The molecule has 7 heteroatoms. The molecule has 1 aromatic rings. The highest BCUT2D eigenvalue weighted by Gasteiger charge is 2.25. The highest BCUT2D eigenvalue weighted by molar-refractivity contribution is 7.80. The van der Waals surface area contributed by atoms with E-state index in [-0.39, 0.29) is 16.8 Å². The third-order valence-electron chi connectivity index (χ3n) is 2.54. The van der Waals surface area contributed by atoms with Gasteiger partial charge in [0.2, 0.25) is 11.0 Å². The van der Waals surface area contributed by atoms with Gasteiger partial charge in [0.1, 0.15) is 5.01 Å². The van der Waals surface area contributed by atoms with Crippen LogP contribution in [-0.4, -0.2) is 21.1 Å². The average molecular weight is 300 g/mol. The van der Waals surface area contributed by atoms with Gasteiger partial charge in [-0.25, -0.2) is 0 Å². The molecule has 0 aliphatic carbocycles. The van der Waals surface area contributed by atoms with Crippen molar-refractivity contribution in [3.8, 4) is 0 Å². The monoisotopic (exact) mass is 300 g/mol. The number of aromatic nitrogens is 2. The summed E-state index contributed by atoms with van der Waals surface area (Å²) in [4.78, 5) is 12.3. The van der Waals surface area contributed by atoms with Crippen LogP contribution in [0.25, 0.3) is 0 Å². The highest BCUT2D eigenvalue weighted by atomic mass is 32.1. The Hall–Kier alpha value is -1.08. The third kappa shape index (κ3) is 4.83. The molecule has 1 heterocycles. The molecule has 1 atom stereocenters. The van der Waals surface area contributed by atoms with Gasteiger partial charge in [-0.05, 0) is 11.8 Å². The number of anilines is 1. The molecule has 19 heavy (non-hydrogen) atoms. The summed E-state index contributed by atoms with van der Waals surface area (Å²) in [6.45, 7) is 8.05. The third-order valence-corrected chi connectivity index (χ3v) is 3.65.